The van der Waals surface area contributed by atoms with E-state index in [9.17, 15) is 9.18 Å². The predicted molar refractivity (Wildman–Crippen MR) is 104 cm³/mol. The second-order valence-corrected chi connectivity index (χ2v) is 7.35. The van der Waals surface area contributed by atoms with E-state index in [-0.39, 0.29) is 23.5 Å². The summed E-state index contributed by atoms with van der Waals surface area (Å²) in [5.74, 6) is 0.466. The zero-order chi connectivity index (χ0) is 18.7. The molecule has 2 aromatic carbocycles. The lowest BCUT2D eigenvalue weighted by atomic mass is 10.1. The van der Waals surface area contributed by atoms with Crippen LogP contribution < -0.4 is 5.32 Å². The summed E-state index contributed by atoms with van der Waals surface area (Å²) in [5, 5.41) is 4.53. The normalized spacial score (nSPS) is 11.1. The van der Waals surface area contributed by atoms with Crippen LogP contribution >= 0.6 is 11.8 Å². The number of amides is 1. The Bertz CT molecular complexity index is 942. The average Bonchev–Trinajstić information content (AvgIpc) is 2.59. The zero-order valence-corrected chi connectivity index (χ0v) is 15.7. The topological polar surface area (TPSA) is 54.9 Å². The number of thioether (sulfide) groups is 1. The maximum Gasteiger partial charge on any atom is 0.230 e. The van der Waals surface area contributed by atoms with Crippen molar-refractivity contribution in [1.29, 1.82) is 0 Å². The van der Waals surface area contributed by atoms with Crippen LogP contribution in [0.4, 0.5) is 4.39 Å². The quantitative estimate of drug-likeness (QED) is 0.536. The Hall–Kier alpha value is -2.47. The highest BCUT2D eigenvalue weighted by Gasteiger charge is 2.12. The van der Waals surface area contributed by atoms with Crippen LogP contribution in [0, 0.1) is 12.7 Å². The lowest BCUT2D eigenvalue weighted by Crippen LogP contribution is -2.31. The standard InChI is InChI=1S/C20H20FN3OS/c1-12(2)22-18(25)11-26-20-16-9-4-13(3)10-17(16)23-19(24-20)14-5-7-15(21)8-6-14/h4-10,12H,11H2,1-3H3,(H,22,25). The van der Waals surface area contributed by atoms with Gasteiger partial charge < -0.3 is 5.32 Å². The van der Waals surface area contributed by atoms with Crippen molar-refractivity contribution >= 4 is 28.6 Å². The van der Waals surface area contributed by atoms with Gasteiger partial charge in [-0.15, -0.1) is 0 Å². The van der Waals surface area contributed by atoms with Gasteiger partial charge in [0.1, 0.15) is 10.8 Å². The molecular formula is C20H20FN3OS. The number of carbonyl (C=O) groups is 1. The van der Waals surface area contributed by atoms with Crippen LogP contribution in [0.25, 0.3) is 22.3 Å². The fourth-order valence-corrected chi connectivity index (χ4v) is 3.38. The molecule has 0 spiro atoms. The van der Waals surface area contributed by atoms with Crippen molar-refractivity contribution < 1.29 is 9.18 Å². The van der Waals surface area contributed by atoms with E-state index in [1.165, 1.54) is 23.9 Å². The average molecular weight is 369 g/mol. The van der Waals surface area contributed by atoms with Crippen LogP contribution in [0.15, 0.2) is 47.5 Å². The summed E-state index contributed by atoms with van der Waals surface area (Å²) in [5.41, 5.74) is 2.64. The summed E-state index contributed by atoms with van der Waals surface area (Å²) in [6, 6.07) is 12.2. The van der Waals surface area contributed by atoms with E-state index in [2.05, 4.69) is 15.3 Å². The van der Waals surface area contributed by atoms with Gasteiger partial charge in [0.05, 0.1) is 11.3 Å². The molecule has 0 aliphatic rings. The molecule has 4 nitrogen and oxygen atoms in total. The number of hydrogen-bond donors (Lipinski definition) is 1. The first-order valence-corrected chi connectivity index (χ1v) is 9.37. The van der Waals surface area contributed by atoms with Gasteiger partial charge in [-0.05, 0) is 62.7 Å². The van der Waals surface area contributed by atoms with Crippen molar-refractivity contribution in [1.82, 2.24) is 15.3 Å². The van der Waals surface area contributed by atoms with E-state index >= 15 is 0 Å². The molecule has 0 unspecified atom stereocenters. The van der Waals surface area contributed by atoms with Gasteiger partial charge in [0.15, 0.2) is 5.82 Å². The van der Waals surface area contributed by atoms with Crippen LogP contribution in [0.2, 0.25) is 0 Å². The van der Waals surface area contributed by atoms with Crippen LogP contribution in [0.1, 0.15) is 19.4 Å². The van der Waals surface area contributed by atoms with E-state index in [0.29, 0.717) is 5.82 Å². The van der Waals surface area contributed by atoms with Crippen molar-refractivity contribution in [2.75, 3.05) is 5.75 Å². The predicted octanol–water partition coefficient (Wildman–Crippen LogP) is 4.36. The van der Waals surface area contributed by atoms with E-state index in [0.717, 1.165) is 27.1 Å². The Kier molecular flexibility index (Phi) is 5.52. The van der Waals surface area contributed by atoms with Gasteiger partial charge in [0.25, 0.3) is 0 Å². The minimum absolute atomic E-state index is 0.0350. The smallest absolute Gasteiger partial charge is 0.230 e. The fraction of sp³-hybridized carbons (Fsp3) is 0.250. The molecule has 0 radical (unpaired) electrons. The first-order valence-electron chi connectivity index (χ1n) is 8.39. The van der Waals surface area contributed by atoms with E-state index in [1.54, 1.807) is 12.1 Å². The molecule has 1 amide bonds. The molecule has 0 saturated carbocycles. The summed E-state index contributed by atoms with van der Waals surface area (Å²) in [6.07, 6.45) is 0. The molecule has 0 aliphatic heterocycles. The molecule has 0 atom stereocenters. The third-order valence-corrected chi connectivity index (χ3v) is 4.70. The van der Waals surface area contributed by atoms with Crippen molar-refractivity contribution in [3.8, 4) is 11.4 Å². The number of hydrogen-bond acceptors (Lipinski definition) is 4. The maximum absolute atomic E-state index is 13.2. The number of benzene rings is 2. The van der Waals surface area contributed by atoms with E-state index in [1.807, 2.05) is 39.0 Å². The molecule has 134 valence electrons. The van der Waals surface area contributed by atoms with Gasteiger partial charge in [-0.1, -0.05) is 17.8 Å². The molecule has 1 N–H and O–H groups in total. The minimum atomic E-state index is -0.301. The van der Waals surface area contributed by atoms with Crippen LogP contribution in [0.5, 0.6) is 0 Å². The number of halogens is 1. The molecular weight excluding hydrogens is 349 g/mol. The summed E-state index contributed by atoms with van der Waals surface area (Å²) in [6.45, 7) is 5.86. The highest BCUT2D eigenvalue weighted by Crippen LogP contribution is 2.29. The molecule has 0 saturated heterocycles. The zero-order valence-electron chi connectivity index (χ0n) is 14.9. The summed E-state index contributed by atoms with van der Waals surface area (Å²) in [7, 11) is 0. The van der Waals surface area contributed by atoms with Gasteiger partial charge in [0.2, 0.25) is 5.91 Å². The number of rotatable bonds is 5. The molecule has 0 bridgehead atoms. The third-order valence-electron chi connectivity index (χ3n) is 3.71. The molecule has 3 aromatic rings. The van der Waals surface area contributed by atoms with Crippen LogP contribution in [-0.2, 0) is 4.79 Å². The lowest BCUT2D eigenvalue weighted by Gasteiger charge is -2.11. The number of fused-ring (bicyclic) bond motifs is 1. The first-order chi connectivity index (χ1) is 12.4. The van der Waals surface area contributed by atoms with Gasteiger partial charge in [-0.3, -0.25) is 4.79 Å². The first kappa shape index (κ1) is 18.3. The molecule has 26 heavy (non-hydrogen) atoms. The van der Waals surface area contributed by atoms with Gasteiger partial charge in [0, 0.05) is 17.0 Å². The van der Waals surface area contributed by atoms with E-state index in [4.69, 9.17) is 0 Å². The molecule has 0 aliphatic carbocycles. The Morgan fingerprint density at radius 1 is 1.15 bits per heavy atom. The number of nitrogens with one attached hydrogen (secondary N) is 1. The molecule has 1 heterocycles. The molecule has 0 fully saturated rings. The molecule has 3 rings (SSSR count). The highest BCUT2D eigenvalue weighted by molar-refractivity contribution is 8.00. The maximum atomic E-state index is 13.2. The van der Waals surface area contributed by atoms with Crippen molar-refractivity contribution in [2.45, 2.75) is 31.8 Å². The Balaban J connectivity index is 1.99. The Morgan fingerprint density at radius 2 is 1.88 bits per heavy atom. The van der Waals surface area contributed by atoms with Gasteiger partial charge >= 0.3 is 0 Å². The summed E-state index contributed by atoms with van der Waals surface area (Å²) in [4.78, 5) is 21.2. The second kappa shape index (κ2) is 7.83. The van der Waals surface area contributed by atoms with Crippen LogP contribution in [0.3, 0.4) is 0 Å². The largest absolute Gasteiger partial charge is 0.353 e. The van der Waals surface area contributed by atoms with Gasteiger partial charge in [-0.2, -0.15) is 0 Å². The summed E-state index contributed by atoms with van der Waals surface area (Å²) >= 11 is 1.38. The Morgan fingerprint density at radius 3 is 2.58 bits per heavy atom. The van der Waals surface area contributed by atoms with Crippen molar-refractivity contribution in [2.24, 2.45) is 0 Å². The molecule has 6 heteroatoms. The molecule has 1 aromatic heterocycles. The number of carbonyl (C=O) groups excluding carboxylic acids is 1. The SMILES string of the molecule is Cc1ccc2c(SCC(=O)NC(C)C)nc(-c3ccc(F)cc3)nc2c1. The fourth-order valence-electron chi connectivity index (χ4n) is 2.55. The Labute approximate surface area is 156 Å². The van der Waals surface area contributed by atoms with Gasteiger partial charge in [-0.25, -0.2) is 14.4 Å². The summed E-state index contributed by atoms with van der Waals surface area (Å²) < 4.78 is 13.2. The monoisotopic (exact) mass is 369 g/mol. The van der Waals surface area contributed by atoms with Crippen molar-refractivity contribution in [3.05, 3.63) is 53.8 Å². The second-order valence-electron chi connectivity index (χ2n) is 6.39. The van der Waals surface area contributed by atoms with Crippen LogP contribution in [-0.4, -0.2) is 27.7 Å². The number of nitrogens with zero attached hydrogens (tertiary/aromatic N) is 2. The highest BCUT2D eigenvalue weighted by atomic mass is 32.2. The number of aromatic nitrogens is 2. The number of aryl methyl sites for hydroxylation is 1. The van der Waals surface area contributed by atoms with E-state index < -0.39 is 0 Å². The van der Waals surface area contributed by atoms with Crippen molar-refractivity contribution in [3.63, 3.8) is 0 Å². The lowest BCUT2D eigenvalue weighted by molar-refractivity contribution is -0.119. The minimum Gasteiger partial charge on any atom is -0.353 e. The third kappa shape index (κ3) is 4.38.